The van der Waals surface area contributed by atoms with Crippen molar-refractivity contribution >= 4 is 62.0 Å². The van der Waals surface area contributed by atoms with Crippen LogP contribution in [0.5, 0.6) is 0 Å². The molecule has 1 aliphatic rings. The molecule has 6 heteroatoms. The van der Waals surface area contributed by atoms with E-state index in [1.54, 1.807) is 0 Å². The fraction of sp³-hybridized carbons (Fsp3) is 0.367. The molecule has 190 valence electrons. The average molecular weight is 727 g/mol. The lowest BCUT2D eigenvalue weighted by molar-refractivity contribution is -0.162. The number of carbonyl (C=O) groups is 1. The second-order valence-corrected chi connectivity index (χ2v) is 14.2. The van der Waals surface area contributed by atoms with Gasteiger partial charge in [-0.15, -0.1) is 0 Å². The number of ether oxygens (including phenoxy) is 2. The van der Waals surface area contributed by atoms with E-state index in [9.17, 15) is 4.79 Å². The lowest BCUT2D eigenvalue weighted by Crippen LogP contribution is -2.30. The molecule has 1 aliphatic carbocycles. The molecule has 0 atom stereocenters. The maximum atomic E-state index is 12.2. The summed E-state index contributed by atoms with van der Waals surface area (Å²) in [4.78, 5) is 16.2. The Kier molecular flexibility index (Phi) is 9.80. The highest BCUT2D eigenvalue weighted by atomic mass is 127. The minimum atomic E-state index is -0.297. The number of aryl methyl sites for hydroxylation is 2. The Bertz CT molecular complexity index is 1120. The summed E-state index contributed by atoms with van der Waals surface area (Å²) in [6.07, 6.45) is 4.95. The summed E-state index contributed by atoms with van der Waals surface area (Å²) in [6, 6.07) is 22.4. The molecule has 0 saturated heterocycles. The molecule has 0 amide bonds. The van der Waals surface area contributed by atoms with E-state index in [4.69, 9.17) is 9.47 Å². The Morgan fingerprint density at radius 2 is 1.36 bits per heavy atom. The van der Waals surface area contributed by atoms with Crippen molar-refractivity contribution in [3.05, 3.63) is 84.5 Å². The molecule has 0 aromatic heterocycles. The van der Waals surface area contributed by atoms with E-state index in [1.165, 1.54) is 38.5 Å². The molecule has 1 fully saturated rings. The molecular formula is C30H33I2O3S+. The zero-order valence-corrected chi connectivity index (χ0v) is 26.2. The Morgan fingerprint density at radius 1 is 0.861 bits per heavy atom. The summed E-state index contributed by atoms with van der Waals surface area (Å²) < 4.78 is 13.9. The zero-order valence-electron chi connectivity index (χ0n) is 21.1. The van der Waals surface area contributed by atoms with Gasteiger partial charge in [-0.3, -0.25) is 0 Å². The van der Waals surface area contributed by atoms with E-state index in [1.807, 2.05) is 6.92 Å². The zero-order chi connectivity index (χ0) is 25.7. The van der Waals surface area contributed by atoms with Gasteiger partial charge in [0.05, 0.1) is 17.5 Å². The third-order valence-corrected chi connectivity index (χ3v) is 10.4. The van der Waals surface area contributed by atoms with Crippen LogP contribution in [0.25, 0.3) is 0 Å². The summed E-state index contributed by atoms with van der Waals surface area (Å²) >= 11 is 4.72. The second kappa shape index (κ2) is 12.6. The van der Waals surface area contributed by atoms with Crippen LogP contribution in [-0.4, -0.2) is 24.8 Å². The molecule has 0 heterocycles. The molecule has 0 radical (unpaired) electrons. The van der Waals surface area contributed by atoms with Crippen LogP contribution in [0, 0.1) is 21.0 Å². The summed E-state index contributed by atoms with van der Waals surface area (Å²) in [5, 5.41) is 0. The standard InChI is InChI=1S/C30H33I2O3S/c1-21-18-27(36(25-10-6-23(31)7-11-25)26-12-8-24(32)9-13-26)19-22(2)28(21)14-17-34-20-29(33)35-30(3)15-4-5-16-30/h6-13,18-19H,4-5,14-17,20H2,1-3H3/q+1. The van der Waals surface area contributed by atoms with Gasteiger partial charge in [-0.1, -0.05) is 0 Å². The van der Waals surface area contributed by atoms with Gasteiger partial charge in [0.1, 0.15) is 12.2 Å². The molecule has 4 rings (SSSR count). The third kappa shape index (κ3) is 7.26. The highest BCUT2D eigenvalue weighted by Gasteiger charge is 2.32. The van der Waals surface area contributed by atoms with Crippen molar-refractivity contribution in [3.8, 4) is 0 Å². The Balaban J connectivity index is 1.46. The van der Waals surface area contributed by atoms with E-state index in [0.29, 0.717) is 6.61 Å². The van der Waals surface area contributed by atoms with Crippen LogP contribution in [0.1, 0.15) is 49.3 Å². The lowest BCUT2D eigenvalue weighted by atomic mass is 10.0. The van der Waals surface area contributed by atoms with Crippen LogP contribution in [0.15, 0.2) is 75.4 Å². The molecule has 0 unspecified atom stereocenters. The Morgan fingerprint density at radius 3 is 1.86 bits per heavy atom. The van der Waals surface area contributed by atoms with Gasteiger partial charge in [-0.05, 0) is 175 Å². The Labute approximate surface area is 245 Å². The molecule has 0 aliphatic heterocycles. The monoisotopic (exact) mass is 727 g/mol. The summed E-state index contributed by atoms with van der Waals surface area (Å²) in [6.45, 7) is 6.93. The lowest BCUT2D eigenvalue weighted by Gasteiger charge is -2.23. The van der Waals surface area contributed by atoms with E-state index in [0.717, 1.165) is 32.1 Å². The first-order chi connectivity index (χ1) is 17.2. The number of hydrogen-bond acceptors (Lipinski definition) is 3. The number of hydrogen-bond donors (Lipinski definition) is 0. The molecule has 0 N–H and O–H groups in total. The normalized spacial score (nSPS) is 14.8. The van der Waals surface area contributed by atoms with Crippen LogP contribution < -0.4 is 0 Å². The summed E-state index contributed by atoms with van der Waals surface area (Å²) in [7, 11) is -0.179. The van der Waals surface area contributed by atoms with Gasteiger partial charge in [0.2, 0.25) is 0 Å². The number of rotatable bonds is 9. The molecule has 0 bridgehead atoms. The van der Waals surface area contributed by atoms with Crippen LogP contribution in [0.2, 0.25) is 0 Å². The van der Waals surface area contributed by atoms with Crippen LogP contribution in [0.3, 0.4) is 0 Å². The van der Waals surface area contributed by atoms with Gasteiger partial charge in [0.15, 0.2) is 14.7 Å². The summed E-state index contributed by atoms with van der Waals surface area (Å²) in [5.74, 6) is -0.248. The van der Waals surface area contributed by atoms with Crippen molar-refractivity contribution in [1.29, 1.82) is 0 Å². The molecular weight excluding hydrogens is 694 g/mol. The van der Waals surface area contributed by atoms with E-state index >= 15 is 0 Å². The van der Waals surface area contributed by atoms with Crippen LogP contribution >= 0.6 is 45.2 Å². The minimum absolute atomic E-state index is 0.0227. The van der Waals surface area contributed by atoms with Crippen molar-refractivity contribution in [1.82, 2.24) is 0 Å². The highest BCUT2D eigenvalue weighted by Crippen LogP contribution is 2.35. The predicted octanol–water partition coefficient (Wildman–Crippen LogP) is 8.04. The van der Waals surface area contributed by atoms with Gasteiger partial charge in [0.25, 0.3) is 0 Å². The second-order valence-electron chi connectivity index (χ2n) is 9.68. The average Bonchev–Trinajstić information content (AvgIpc) is 3.26. The predicted molar refractivity (Wildman–Crippen MR) is 164 cm³/mol. The van der Waals surface area contributed by atoms with Crippen molar-refractivity contribution in [3.63, 3.8) is 0 Å². The minimum Gasteiger partial charge on any atom is -0.458 e. The van der Waals surface area contributed by atoms with Crippen molar-refractivity contribution in [2.45, 2.75) is 73.2 Å². The van der Waals surface area contributed by atoms with Gasteiger partial charge in [-0.2, -0.15) is 0 Å². The smallest absolute Gasteiger partial charge is 0.332 e. The molecule has 36 heavy (non-hydrogen) atoms. The van der Waals surface area contributed by atoms with Crippen LogP contribution in [0.4, 0.5) is 0 Å². The van der Waals surface area contributed by atoms with E-state index in [-0.39, 0.29) is 29.1 Å². The fourth-order valence-corrected chi connectivity index (χ4v) is 7.82. The molecule has 3 nitrogen and oxygen atoms in total. The first-order valence-electron chi connectivity index (χ1n) is 12.4. The van der Waals surface area contributed by atoms with Crippen molar-refractivity contribution in [2.75, 3.05) is 13.2 Å². The first kappa shape index (κ1) is 27.9. The maximum Gasteiger partial charge on any atom is 0.332 e. The number of benzene rings is 3. The number of halogens is 2. The van der Waals surface area contributed by atoms with E-state index < -0.39 is 0 Å². The largest absolute Gasteiger partial charge is 0.458 e. The van der Waals surface area contributed by atoms with Crippen molar-refractivity contribution < 1.29 is 14.3 Å². The maximum absolute atomic E-state index is 12.2. The molecule has 1 saturated carbocycles. The Hall–Kier alpha value is -1.10. The quantitative estimate of drug-likeness (QED) is 0.0970. The first-order valence-corrected chi connectivity index (χ1v) is 15.8. The van der Waals surface area contributed by atoms with Gasteiger partial charge < -0.3 is 9.47 Å². The summed E-state index contributed by atoms with van der Waals surface area (Å²) in [5.41, 5.74) is 3.53. The molecule has 0 spiro atoms. The highest BCUT2D eigenvalue weighted by molar-refractivity contribution is 14.1. The van der Waals surface area contributed by atoms with Gasteiger partial charge in [-0.25, -0.2) is 4.79 Å². The fourth-order valence-electron chi connectivity index (χ4n) is 4.87. The number of carbonyl (C=O) groups excluding carboxylic acids is 1. The van der Waals surface area contributed by atoms with Crippen molar-refractivity contribution in [2.24, 2.45) is 0 Å². The topological polar surface area (TPSA) is 35.5 Å². The van der Waals surface area contributed by atoms with Gasteiger partial charge in [0, 0.05) is 7.14 Å². The molecule has 3 aromatic carbocycles. The SMILES string of the molecule is Cc1cc([S+](c2ccc(I)cc2)c2ccc(I)cc2)cc(C)c1CCOCC(=O)OC1(C)CCCC1. The van der Waals surface area contributed by atoms with Gasteiger partial charge >= 0.3 is 5.97 Å². The number of esters is 1. The molecule has 3 aromatic rings. The van der Waals surface area contributed by atoms with Crippen LogP contribution in [-0.2, 0) is 31.6 Å². The third-order valence-electron chi connectivity index (χ3n) is 6.74. The van der Waals surface area contributed by atoms with E-state index in [2.05, 4.69) is 120 Å².